The smallest absolute Gasteiger partial charge is 0.246 e. The molecule has 1 aliphatic carbocycles. The lowest BCUT2D eigenvalue weighted by molar-refractivity contribution is 0.175. The van der Waals surface area contributed by atoms with Crippen LogP contribution in [0.15, 0.2) is 66.0 Å². The van der Waals surface area contributed by atoms with Crippen LogP contribution in [-0.2, 0) is 16.6 Å². The molecule has 1 N–H and O–H groups in total. The minimum Gasteiger partial charge on any atom is -0.395 e. The zero-order chi connectivity index (χ0) is 24.9. The van der Waals surface area contributed by atoms with Crippen LogP contribution in [0.1, 0.15) is 12.8 Å². The van der Waals surface area contributed by atoms with Crippen LogP contribution < -0.4 is 4.90 Å². The molecule has 6 rings (SSSR count). The maximum Gasteiger partial charge on any atom is 0.246 e. The summed E-state index contributed by atoms with van der Waals surface area (Å²) in [5.74, 6) is 0.290. The number of aliphatic hydroxyl groups is 1. The molecule has 9 nitrogen and oxygen atoms in total. The zero-order valence-corrected chi connectivity index (χ0v) is 20.4. The Balaban J connectivity index is 1.21. The summed E-state index contributed by atoms with van der Waals surface area (Å²) in [6.07, 6.45) is 7.09. The lowest BCUT2D eigenvalue weighted by atomic mass is 10.1. The molecule has 0 radical (unpaired) electrons. The van der Waals surface area contributed by atoms with Crippen molar-refractivity contribution < 1.29 is 17.9 Å². The first kappa shape index (κ1) is 23.1. The molecule has 188 valence electrons. The third-order valence-corrected chi connectivity index (χ3v) is 8.89. The number of hydrogen-bond donors (Lipinski definition) is 1. The fourth-order valence-corrected chi connectivity index (χ4v) is 6.38. The molecule has 0 amide bonds. The molecule has 1 atom stereocenters. The van der Waals surface area contributed by atoms with Crippen molar-refractivity contribution >= 4 is 26.6 Å². The minimum absolute atomic E-state index is 0.171. The third-order valence-electron chi connectivity index (χ3n) is 6.99. The number of hydrogen-bond acceptors (Lipinski definition) is 6. The lowest BCUT2D eigenvalue weighted by Gasteiger charge is -2.40. The van der Waals surface area contributed by atoms with Gasteiger partial charge >= 0.3 is 0 Å². The summed E-state index contributed by atoms with van der Waals surface area (Å²) in [5.41, 5.74) is 2.57. The molecular formula is C25H27FN6O3S. The van der Waals surface area contributed by atoms with Crippen molar-refractivity contribution in [3.8, 4) is 5.69 Å². The molecule has 4 aromatic rings. The van der Waals surface area contributed by atoms with Crippen molar-refractivity contribution in [2.45, 2.75) is 30.3 Å². The van der Waals surface area contributed by atoms with Crippen molar-refractivity contribution in [1.82, 2.24) is 23.9 Å². The molecule has 3 heterocycles. The Kier molecular flexibility index (Phi) is 5.78. The Morgan fingerprint density at radius 1 is 1.00 bits per heavy atom. The Labute approximate surface area is 208 Å². The first-order valence-electron chi connectivity index (χ1n) is 12.1. The highest BCUT2D eigenvalue weighted by Gasteiger charge is 2.37. The van der Waals surface area contributed by atoms with Gasteiger partial charge in [0, 0.05) is 43.4 Å². The molecule has 0 spiro atoms. The van der Waals surface area contributed by atoms with E-state index < -0.39 is 16.1 Å². The van der Waals surface area contributed by atoms with E-state index in [9.17, 15) is 17.9 Å². The number of piperazine rings is 1. The van der Waals surface area contributed by atoms with E-state index in [0.29, 0.717) is 19.0 Å². The highest BCUT2D eigenvalue weighted by atomic mass is 32.2. The van der Waals surface area contributed by atoms with Crippen LogP contribution in [0.3, 0.4) is 0 Å². The Bertz CT molecular complexity index is 1500. The summed E-state index contributed by atoms with van der Waals surface area (Å²) in [7, 11) is -3.77. The van der Waals surface area contributed by atoms with E-state index in [2.05, 4.69) is 15.1 Å². The molecule has 11 heteroatoms. The van der Waals surface area contributed by atoms with Crippen molar-refractivity contribution in [1.29, 1.82) is 0 Å². The van der Waals surface area contributed by atoms with Crippen LogP contribution >= 0.6 is 0 Å². The SMILES string of the molecule is O=S(=O)(c1cnn(CC2CC2)c1)N1CCN(c2ccc3c(cnn3-c3ccc(F)cc3)c2)C[C@H]1CO. The second-order valence-electron chi connectivity index (χ2n) is 9.52. The van der Waals surface area contributed by atoms with E-state index in [4.69, 9.17) is 0 Å². The summed E-state index contributed by atoms with van der Waals surface area (Å²) in [6, 6.07) is 11.5. The van der Waals surface area contributed by atoms with E-state index in [1.807, 2.05) is 18.2 Å². The van der Waals surface area contributed by atoms with Crippen LogP contribution in [-0.4, -0.2) is 69.7 Å². The fourth-order valence-electron chi connectivity index (χ4n) is 4.82. The molecule has 36 heavy (non-hydrogen) atoms. The zero-order valence-electron chi connectivity index (χ0n) is 19.6. The molecular weight excluding hydrogens is 483 g/mol. The normalized spacial score (nSPS) is 19.3. The average Bonchev–Trinajstić information content (AvgIpc) is 3.40. The fraction of sp³-hybridized carbons (Fsp3) is 0.360. The summed E-state index contributed by atoms with van der Waals surface area (Å²) in [4.78, 5) is 2.25. The van der Waals surface area contributed by atoms with Crippen molar-refractivity contribution in [3.05, 3.63) is 66.9 Å². The van der Waals surface area contributed by atoms with Gasteiger partial charge in [-0.2, -0.15) is 14.5 Å². The van der Waals surface area contributed by atoms with Gasteiger partial charge in [0.15, 0.2) is 0 Å². The summed E-state index contributed by atoms with van der Waals surface area (Å²) >= 11 is 0. The van der Waals surface area contributed by atoms with Crippen molar-refractivity contribution in [2.75, 3.05) is 31.1 Å². The highest BCUT2D eigenvalue weighted by molar-refractivity contribution is 7.89. The average molecular weight is 511 g/mol. The van der Waals surface area contributed by atoms with Gasteiger partial charge in [0.05, 0.1) is 36.2 Å². The number of anilines is 1. The molecule has 0 unspecified atom stereocenters. The van der Waals surface area contributed by atoms with Gasteiger partial charge in [0.1, 0.15) is 10.7 Å². The number of nitrogens with zero attached hydrogens (tertiary/aromatic N) is 6. The van der Waals surface area contributed by atoms with Gasteiger partial charge in [0.2, 0.25) is 10.0 Å². The highest BCUT2D eigenvalue weighted by Crippen LogP contribution is 2.31. The van der Waals surface area contributed by atoms with E-state index in [0.717, 1.165) is 41.7 Å². The van der Waals surface area contributed by atoms with Crippen LogP contribution in [0.25, 0.3) is 16.6 Å². The monoisotopic (exact) mass is 510 g/mol. The van der Waals surface area contributed by atoms with Gasteiger partial charge in [-0.3, -0.25) is 4.68 Å². The largest absolute Gasteiger partial charge is 0.395 e. The van der Waals surface area contributed by atoms with Crippen LogP contribution in [0, 0.1) is 11.7 Å². The van der Waals surface area contributed by atoms with E-state index in [1.54, 1.807) is 33.9 Å². The molecule has 0 bridgehead atoms. The van der Waals surface area contributed by atoms with Gasteiger partial charge in [0.25, 0.3) is 0 Å². The number of sulfonamides is 1. The molecule has 1 saturated carbocycles. The standard InChI is InChI=1S/C25H27FN6O3S/c26-20-3-5-21(6-4-20)32-25-8-7-22(11-19(25)12-28-32)29-9-10-31(23(15-29)17-33)36(34,35)24-13-27-30(16-24)14-18-1-2-18/h3-8,11-13,16,18,23,33H,1-2,9-10,14-15,17H2/t23-/m0/s1. The van der Waals surface area contributed by atoms with Gasteiger partial charge in [-0.15, -0.1) is 0 Å². The Morgan fingerprint density at radius 2 is 1.78 bits per heavy atom. The molecule has 2 aromatic heterocycles. The quantitative estimate of drug-likeness (QED) is 0.411. The number of rotatable bonds is 7. The van der Waals surface area contributed by atoms with Crippen LogP contribution in [0.4, 0.5) is 10.1 Å². The molecule has 1 aliphatic heterocycles. The van der Waals surface area contributed by atoms with E-state index in [1.165, 1.54) is 22.6 Å². The van der Waals surface area contributed by atoms with Crippen molar-refractivity contribution in [2.24, 2.45) is 5.92 Å². The van der Waals surface area contributed by atoms with Crippen LogP contribution in [0.2, 0.25) is 0 Å². The number of aliphatic hydroxyl groups excluding tert-OH is 1. The predicted molar refractivity (Wildman–Crippen MR) is 133 cm³/mol. The first-order valence-corrected chi connectivity index (χ1v) is 13.5. The third kappa shape index (κ3) is 4.27. The molecule has 2 fully saturated rings. The summed E-state index contributed by atoms with van der Waals surface area (Å²) in [5, 5.41) is 19.7. The van der Waals surface area contributed by atoms with E-state index in [-0.39, 0.29) is 23.9 Å². The minimum atomic E-state index is -3.77. The van der Waals surface area contributed by atoms with Gasteiger partial charge in [-0.05, 0) is 61.2 Å². The van der Waals surface area contributed by atoms with E-state index >= 15 is 0 Å². The van der Waals surface area contributed by atoms with Gasteiger partial charge in [-0.1, -0.05) is 0 Å². The number of halogens is 1. The topological polar surface area (TPSA) is 96.5 Å². The number of benzene rings is 2. The van der Waals surface area contributed by atoms with Crippen molar-refractivity contribution in [3.63, 3.8) is 0 Å². The number of fused-ring (bicyclic) bond motifs is 1. The lowest BCUT2D eigenvalue weighted by Crippen LogP contribution is -2.56. The Hall–Kier alpha value is -3.28. The number of aromatic nitrogens is 4. The van der Waals surface area contributed by atoms with Crippen LogP contribution in [0.5, 0.6) is 0 Å². The second kappa shape index (κ2) is 8.99. The van der Waals surface area contributed by atoms with Gasteiger partial charge in [-0.25, -0.2) is 17.5 Å². The maximum absolute atomic E-state index is 13.4. The molecule has 1 saturated heterocycles. The predicted octanol–water partition coefficient (Wildman–Crippen LogP) is 2.64. The summed E-state index contributed by atoms with van der Waals surface area (Å²) < 4.78 is 44.9. The summed E-state index contributed by atoms with van der Waals surface area (Å²) in [6.45, 7) is 1.57. The maximum atomic E-state index is 13.4. The Morgan fingerprint density at radius 3 is 2.53 bits per heavy atom. The molecule has 2 aromatic carbocycles. The first-order chi connectivity index (χ1) is 17.4. The van der Waals surface area contributed by atoms with Gasteiger partial charge < -0.3 is 10.0 Å². The molecule has 2 aliphatic rings. The second-order valence-corrected chi connectivity index (χ2v) is 11.4.